The number of nitrogens with zero attached hydrogens (tertiary/aromatic N) is 1. The molecule has 0 bridgehead atoms. The second kappa shape index (κ2) is 6.91. The third-order valence-electron chi connectivity index (χ3n) is 3.10. The molecule has 0 aromatic heterocycles. The standard InChI is InChI=1S/C13H20ClN3O4S/c1-9(2)7-13(3,8-15)16-22(20,21)12-5-4-10(14)6-11(12)17(18)19/h4-6,9,16H,7-8,15H2,1-3H3. The largest absolute Gasteiger partial charge is 0.329 e. The van der Waals surface area contributed by atoms with E-state index in [9.17, 15) is 18.5 Å². The highest BCUT2D eigenvalue weighted by atomic mass is 35.5. The number of benzene rings is 1. The van der Waals surface area contributed by atoms with E-state index < -0.39 is 31.1 Å². The fourth-order valence-corrected chi connectivity index (χ4v) is 4.06. The second-order valence-electron chi connectivity index (χ2n) is 5.84. The summed E-state index contributed by atoms with van der Waals surface area (Å²) in [6.07, 6.45) is 0.504. The number of hydrogen-bond acceptors (Lipinski definition) is 5. The van der Waals surface area contributed by atoms with Crippen LogP contribution in [0.3, 0.4) is 0 Å². The van der Waals surface area contributed by atoms with Gasteiger partial charge in [-0.05, 0) is 31.4 Å². The van der Waals surface area contributed by atoms with Crippen LogP contribution in [0.25, 0.3) is 0 Å². The van der Waals surface area contributed by atoms with Gasteiger partial charge >= 0.3 is 0 Å². The summed E-state index contributed by atoms with van der Waals surface area (Å²) in [5.74, 6) is 0.205. The van der Waals surface area contributed by atoms with E-state index in [1.807, 2.05) is 13.8 Å². The molecule has 0 aliphatic carbocycles. The Hall–Kier alpha value is -1.22. The third-order valence-corrected chi connectivity index (χ3v) is 5.02. The third kappa shape index (κ3) is 4.64. The smallest absolute Gasteiger partial charge is 0.290 e. The molecule has 0 radical (unpaired) electrons. The highest BCUT2D eigenvalue weighted by Gasteiger charge is 2.34. The maximum Gasteiger partial charge on any atom is 0.290 e. The number of nitro benzene ring substituents is 1. The van der Waals surface area contributed by atoms with Gasteiger partial charge in [-0.15, -0.1) is 0 Å². The van der Waals surface area contributed by atoms with E-state index in [2.05, 4.69) is 4.72 Å². The van der Waals surface area contributed by atoms with Crippen molar-refractivity contribution in [1.82, 2.24) is 4.72 Å². The summed E-state index contributed by atoms with van der Waals surface area (Å²) in [7, 11) is -4.10. The molecule has 0 heterocycles. The quantitative estimate of drug-likeness (QED) is 0.578. The molecular weight excluding hydrogens is 330 g/mol. The van der Waals surface area contributed by atoms with Gasteiger partial charge in [0.05, 0.1) is 4.92 Å². The first-order chi connectivity index (χ1) is 10.0. The predicted octanol–water partition coefficient (Wildman–Crippen LogP) is 2.29. The van der Waals surface area contributed by atoms with Gasteiger partial charge in [-0.1, -0.05) is 25.4 Å². The topological polar surface area (TPSA) is 115 Å². The Kier molecular flexibility index (Phi) is 5.91. The van der Waals surface area contributed by atoms with Crippen LogP contribution in [0.4, 0.5) is 5.69 Å². The maximum atomic E-state index is 12.5. The van der Waals surface area contributed by atoms with Gasteiger partial charge in [-0.25, -0.2) is 13.1 Å². The van der Waals surface area contributed by atoms with Crippen LogP contribution in [-0.2, 0) is 10.0 Å². The van der Waals surface area contributed by atoms with Crippen molar-refractivity contribution in [3.63, 3.8) is 0 Å². The lowest BCUT2D eigenvalue weighted by molar-refractivity contribution is -0.387. The Bertz CT molecular complexity index is 663. The van der Waals surface area contributed by atoms with Gasteiger partial charge in [0.25, 0.3) is 5.69 Å². The van der Waals surface area contributed by atoms with Gasteiger partial charge in [0.1, 0.15) is 0 Å². The Balaban J connectivity index is 3.28. The zero-order chi connectivity index (χ0) is 17.1. The molecule has 1 unspecified atom stereocenters. The van der Waals surface area contributed by atoms with Gasteiger partial charge < -0.3 is 5.73 Å². The summed E-state index contributed by atoms with van der Waals surface area (Å²) in [6, 6.07) is 3.43. The van der Waals surface area contributed by atoms with E-state index >= 15 is 0 Å². The number of nitrogens with one attached hydrogen (secondary N) is 1. The summed E-state index contributed by atoms with van der Waals surface area (Å²) < 4.78 is 27.5. The maximum absolute atomic E-state index is 12.5. The zero-order valence-electron chi connectivity index (χ0n) is 12.7. The first kappa shape index (κ1) is 18.8. The lowest BCUT2D eigenvalue weighted by atomic mass is 9.92. The van der Waals surface area contributed by atoms with Gasteiger partial charge in [0.2, 0.25) is 10.0 Å². The van der Waals surface area contributed by atoms with Crippen LogP contribution in [0.5, 0.6) is 0 Å². The highest BCUT2D eigenvalue weighted by Crippen LogP contribution is 2.28. The van der Waals surface area contributed by atoms with Crippen molar-refractivity contribution >= 4 is 27.3 Å². The van der Waals surface area contributed by atoms with E-state index in [0.29, 0.717) is 6.42 Å². The molecule has 0 amide bonds. The lowest BCUT2D eigenvalue weighted by Crippen LogP contribution is -2.52. The van der Waals surface area contributed by atoms with Crippen LogP contribution >= 0.6 is 11.6 Å². The molecule has 1 aromatic rings. The molecule has 1 aromatic carbocycles. The van der Waals surface area contributed by atoms with Crippen molar-refractivity contribution in [3.8, 4) is 0 Å². The Morgan fingerprint density at radius 2 is 2.05 bits per heavy atom. The molecule has 1 rings (SSSR count). The Labute approximate surface area is 135 Å². The highest BCUT2D eigenvalue weighted by molar-refractivity contribution is 7.89. The molecule has 0 spiro atoms. The number of nitro groups is 1. The van der Waals surface area contributed by atoms with Crippen LogP contribution in [-0.4, -0.2) is 25.4 Å². The first-order valence-corrected chi connectivity index (χ1v) is 8.55. The van der Waals surface area contributed by atoms with Gasteiger partial charge in [-0.2, -0.15) is 0 Å². The Morgan fingerprint density at radius 1 is 1.45 bits per heavy atom. The van der Waals surface area contributed by atoms with Crippen LogP contribution in [0, 0.1) is 16.0 Å². The van der Waals surface area contributed by atoms with Crippen molar-refractivity contribution in [2.24, 2.45) is 11.7 Å². The normalized spacial score (nSPS) is 14.8. The molecule has 3 N–H and O–H groups in total. The minimum Gasteiger partial charge on any atom is -0.329 e. The molecule has 0 aliphatic heterocycles. The number of sulfonamides is 1. The summed E-state index contributed by atoms with van der Waals surface area (Å²) >= 11 is 5.70. The minimum absolute atomic E-state index is 0.0752. The van der Waals surface area contributed by atoms with Crippen molar-refractivity contribution in [2.45, 2.75) is 37.6 Å². The van der Waals surface area contributed by atoms with Crippen molar-refractivity contribution in [2.75, 3.05) is 6.54 Å². The van der Waals surface area contributed by atoms with Crippen molar-refractivity contribution in [1.29, 1.82) is 0 Å². The van der Waals surface area contributed by atoms with E-state index in [4.69, 9.17) is 17.3 Å². The number of halogens is 1. The van der Waals surface area contributed by atoms with Gasteiger partial charge in [0, 0.05) is 23.2 Å². The van der Waals surface area contributed by atoms with Gasteiger partial charge in [0.15, 0.2) is 4.90 Å². The SMILES string of the molecule is CC(C)CC(C)(CN)NS(=O)(=O)c1ccc(Cl)cc1[N+](=O)[O-]. The number of rotatable bonds is 7. The van der Waals surface area contributed by atoms with E-state index in [1.54, 1.807) is 6.92 Å². The average molecular weight is 350 g/mol. The molecule has 7 nitrogen and oxygen atoms in total. The molecular formula is C13H20ClN3O4S. The fraction of sp³-hybridized carbons (Fsp3) is 0.538. The summed E-state index contributed by atoms with van der Waals surface area (Å²) in [5.41, 5.74) is 4.23. The van der Waals surface area contributed by atoms with Crippen molar-refractivity contribution in [3.05, 3.63) is 33.3 Å². The summed E-state index contributed by atoms with van der Waals surface area (Å²) in [4.78, 5) is 9.86. The molecule has 0 fully saturated rings. The van der Waals surface area contributed by atoms with E-state index in [-0.39, 0.29) is 17.5 Å². The lowest BCUT2D eigenvalue weighted by Gasteiger charge is -2.30. The molecule has 0 aliphatic rings. The van der Waals surface area contributed by atoms with E-state index in [1.165, 1.54) is 6.07 Å². The van der Waals surface area contributed by atoms with Crippen molar-refractivity contribution < 1.29 is 13.3 Å². The number of hydrogen-bond donors (Lipinski definition) is 2. The van der Waals surface area contributed by atoms with Crippen LogP contribution < -0.4 is 10.5 Å². The molecule has 22 heavy (non-hydrogen) atoms. The monoisotopic (exact) mass is 349 g/mol. The van der Waals surface area contributed by atoms with Crippen LogP contribution in [0.15, 0.2) is 23.1 Å². The van der Waals surface area contributed by atoms with Crippen LogP contribution in [0.2, 0.25) is 5.02 Å². The number of nitrogens with two attached hydrogens (primary N) is 1. The molecule has 9 heteroatoms. The minimum atomic E-state index is -4.10. The Morgan fingerprint density at radius 3 is 2.50 bits per heavy atom. The van der Waals surface area contributed by atoms with E-state index in [0.717, 1.165) is 12.1 Å². The molecule has 124 valence electrons. The zero-order valence-corrected chi connectivity index (χ0v) is 14.2. The first-order valence-electron chi connectivity index (χ1n) is 6.69. The fourth-order valence-electron chi connectivity index (χ4n) is 2.31. The predicted molar refractivity (Wildman–Crippen MR) is 85.3 cm³/mol. The van der Waals surface area contributed by atoms with Gasteiger partial charge in [-0.3, -0.25) is 10.1 Å². The molecule has 1 atom stereocenters. The molecule has 0 saturated heterocycles. The molecule has 0 saturated carbocycles. The van der Waals surface area contributed by atoms with Crippen LogP contribution in [0.1, 0.15) is 27.2 Å². The summed E-state index contributed by atoms with van der Waals surface area (Å²) in [6.45, 7) is 5.62. The average Bonchev–Trinajstić information content (AvgIpc) is 2.36. The second-order valence-corrected chi connectivity index (χ2v) is 7.92. The summed E-state index contributed by atoms with van der Waals surface area (Å²) in [5, 5.41) is 11.2.